The van der Waals surface area contributed by atoms with E-state index < -0.39 is 0 Å². The van der Waals surface area contributed by atoms with Crippen LogP contribution in [0.15, 0.2) is 30.5 Å². The molecule has 3 N–H and O–H groups in total. The number of benzene rings is 1. The molecule has 1 aromatic heterocycles. The second kappa shape index (κ2) is 5.69. The third-order valence-electron chi connectivity index (χ3n) is 2.96. The maximum absolute atomic E-state index is 11.7. The average molecular weight is 245 g/mol. The zero-order valence-corrected chi connectivity index (χ0v) is 10.6. The minimum Gasteiger partial charge on any atom is -0.355 e. The summed E-state index contributed by atoms with van der Waals surface area (Å²) in [6.07, 6.45) is 2.89. The maximum Gasteiger partial charge on any atom is 0.239 e. The number of carbonyl (C=O) groups excluding carboxylic acids is 1. The third-order valence-corrected chi connectivity index (χ3v) is 2.96. The highest BCUT2D eigenvalue weighted by atomic mass is 16.1. The van der Waals surface area contributed by atoms with Crippen molar-refractivity contribution in [2.75, 3.05) is 6.54 Å². The molecule has 96 valence electrons. The lowest BCUT2D eigenvalue weighted by atomic mass is 10.1. The van der Waals surface area contributed by atoms with Crippen LogP contribution in [0, 0.1) is 0 Å². The van der Waals surface area contributed by atoms with E-state index in [0.29, 0.717) is 13.1 Å². The van der Waals surface area contributed by atoms with E-state index in [4.69, 9.17) is 5.73 Å². The van der Waals surface area contributed by atoms with Crippen LogP contribution in [-0.2, 0) is 17.9 Å². The van der Waals surface area contributed by atoms with Crippen LogP contribution in [0.5, 0.6) is 0 Å². The van der Waals surface area contributed by atoms with Gasteiger partial charge in [0.05, 0.1) is 0 Å². The predicted molar refractivity (Wildman–Crippen MR) is 73.1 cm³/mol. The summed E-state index contributed by atoms with van der Waals surface area (Å²) in [6, 6.07) is 8.12. The van der Waals surface area contributed by atoms with Gasteiger partial charge in [0.25, 0.3) is 0 Å². The van der Waals surface area contributed by atoms with Gasteiger partial charge in [0.2, 0.25) is 5.91 Å². The summed E-state index contributed by atoms with van der Waals surface area (Å²) >= 11 is 0. The van der Waals surface area contributed by atoms with Gasteiger partial charge in [-0.2, -0.15) is 0 Å². The molecule has 0 aliphatic rings. The Balaban J connectivity index is 2.20. The number of amides is 1. The van der Waals surface area contributed by atoms with E-state index in [0.717, 1.165) is 29.4 Å². The minimum atomic E-state index is 0.0486. The molecule has 1 aromatic carbocycles. The van der Waals surface area contributed by atoms with Crippen molar-refractivity contribution in [1.29, 1.82) is 0 Å². The molecule has 1 amide bonds. The number of nitrogens with one attached hydrogen (secondary N) is 1. The number of hydrogen-bond donors (Lipinski definition) is 2. The maximum atomic E-state index is 11.7. The van der Waals surface area contributed by atoms with E-state index in [9.17, 15) is 4.79 Å². The Bertz CT molecular complexity index is 545. The highest BCUT2D eigenvalue weighted by molar-refractivity contribution is 5.83. The molecule has 2 rings (SSSR count). The summed E-state index contributed by atoms with van der Waals surface area (Å²) in [6.45, 7) is 3.64. The Kier molecular flexibility index (Phi) is 3.99. The standard InChI is InChI=1S/C14H19N3O/c1-2-6-16-14(18)10-17-7-5-12-4-3-11(9-15)8-13(12)17/h3-5,7-8H,2,6,9-10,15H2,1H3,(H,16,18). The van der Waals surface area contributed by atoms with Crippen molar-refractivity contribution in [2.45, 2.75) is 26.4 Å². The normalized spacial score (nSPS) is 10.8. The summed E-state index contributed by atoms with van der Waals surface area (Å²) in [7, 11) is 0. The van der Waals surface area contributed by atoms with E-state index in [2.05, 4.69) is 5.32 Å². The number of nitrogens with zero attached hydrogens (tertiary/aromatic N) is 1. The molecule has 0 aliphatic carbocycles. The molecule has 18 heavy (non-hydrogen) atoms. The Hall–Kier alpha value is -1.81. The quantitative estimate of drug-likeness (QED) is 0.841. The molecule has 0 aliphatic heterocycles. The van der Waals surface area contributed by atoms with Crippen molar-refractivity contribution >= 4 is 16.8 Å². The van der Waals surface area contributed by atoms with Gasteiger partial charge < -0.3 is 15.6 Å². The lowest BCUT2D eigenvalue weighted by Gasteiger charge is -2.07. The number of nitrogens with two attached hydrogens (primary N) is 1. The highest BCUT2D eigenvalue weighted by Crippen LogP contribution is 2.17. The van der Waals surface area contributed by atoms with Gasteiger partial charge in [0.15, 0.2) is 0 Å². The van der Waals surface area contributed by atoms with E-state index in [1.165, 1.54) is 0 Å². The molecule has 0 saturated heterocycles. The van der Waals surface area contributed by atoms with Gasteiger partial charge in [-0.25, -0.2) is 0 Å². The van der Waals surface area contributed by atoms with Crippen LogP contribution in [0.25, 0.3) is 10.9 Å². The Morgan fingerprint density at radius 2 is 2.22 bits per heavy atom. The van der Waals surface area contributed by atoms with Crippen molar-refractivity contribution in [2.24, 2.45) is 5.73 Å². The van der Waals surface area contributed by atoms with Crippen LogP contribution in [0.3, 0.4) is 0 Å². The molecule has 1 heterocycles. The number of aromatic nitrogens is 1. The van der Waals surface area contributed by atoms with Crippen molar-refractivity contribution in [3.8, 4) is 0 Å². The Labute approximate surface area is 107 Å². The molecular formula is C14H19N3O. The summed E-state index contributed by atoms with van der Waals surface area (Å²) in [4.78, 5) is 11.7. The lowest BCUT2D eigenvalue weighted by molar-refractivity contribution is -0.121. The van der Waals surface area contributed by atoms with Crippen LogP contribution in [0.2, 0.25) is 0 Å². The topological polar surface area (TPSA) is 60.0 Å². The van der Waals surface area contributed by atoms with Crippen molar-refractivity contribution < 1.29 is 4.79 Å². The number of fused-ring (bicyclic) bond motifs is 1. The van der Waals surface area contributed by atoms with Crippen LogP contribution in [-0.4, -0.2) is 17.0 Å². The van der Waals surface area contributed by atoms with Crippen LogP contribution in [0.4, 0.5) is 0 Å². The monoisotopic (exact) mass is 245 g/mol. The molecule has 0 fully saturated rings. The second-order valence-corrected chi connectivity index (χ2v) is 4.39. The summed E-state index contributed by atoms with van der Waals surface area (Å²) in [5.41, 5.74) is 7.78. The van der Waals surface area contributed by atoms with Crippen LogP contribution in [0.1, 0.15) is 18.9 Å². The van der Waals surface area contributed by atoms with E-state index in [1.807, 2.05) is 42.0 Å². The van der Waals surface area contributed by atoms with Gasteiger partial charge in [-0.1, -0.05) is 19.1 Å². The fourth-order valence-electron chi connectivity index (χ4n) is 1.97. The number of rotatable bonds is 5. The largest absolute Gasteiger partial charge is 0.355 e. The molecule has 0 bridgehead atoms. The second-order valence-electron chi connectivity index (χ2n) is 4.39. The zero-order chi connectivity index (χ0) is 13.0. The van der Waals surface area contributed by atoms with Gasteiger partial charge in [0.1, 0.15) is 6.54 Å². The molecule has 0 radical (unpaired) electrons. The van der Waals surface area contributed by atoms with Gasteiger partial charge >= 0.3 is 0 Å². The molecular weight excluding hydrogens is 226 g/mol. The first-order valence-electron chi connectivity index (χ1n) is 6.29. The fourth-order valence-corrected chi connectivity index (χ4v) is 1.97. The third kappa shape index (κ3) is 2.71. The lowest BCUT2D eigenvalue weighted by Crippen LogP contribution is -2.27. The van der Waals surface area contributed by atoms with E-state index in [-0.39, 0.29) is 5.91 Å². The van der Waals surface area contributed by atoms with Gasteiger partial charge in [-0.15, -0.1) is 0 Å². The first-order chi connectivity index (χ1) is 8.74. The first kappa shape index (κ1) is 12.6. The van der Waals surface area contributed by atoms with Gasteiger partial charge in [0, 0.05) is 24.8 Å². The summed E-state index contributed by atoms with van der Waals surface area (Å²) in [5, 5.41) is 4.01. The molecule has 0 unspecified atom stereocenters. The summed E-state index contributed by atoms with van der Waals surface area (Å²) in [5.74, 6) is 0.0486. The van der Waals surface area contributed by atoms with Crippen LogP contribution < -0.4 is 11.1 Å². The Morgan fingerprint density at radius 1 is 1.39 bits per heavy atom. The predicted octanol–water partition coefficient (Wildman–Crippen LogP) is 1.63. The minimum absolute atomic E-state index is 0.0486. The molecule has 0 saturated carbocycles. The highest BCUT2D eigenvalue weighted by Gasteiger charge is 2.06. The molecule has 4 heteroatoms. The average Bonchev–Trinajstić information content (AvgIpc) is 2.78. The molecule has 4 nitrogen and oxygen atoms in total. The summed E-state index contributed by atoms with van der Waals surface area (Å²) < 4.78 is 1.96. The Morgan fingerprint density at radius 3 is 2.94 bits per heavy atom. The van der Waals surface area contributed by atoms with Crippen molar-refractivity contribution in [1.82, 2.24) is 9.88 Å². The molecule has 2 aromatic rings. The van der Waals surface area contributed by atoms with E-state index in [1.54, 1.807) is 0 Å². The number of hydrogen-bond acceptors (Lipinski definition) is 2. The van der Waals surface area contributed by atoms with Crippen molar-refractivity contribution in [3.63, 3.8) is 0 Å². The molecule has 0 spiro atoms. The smallest absolute Gasteiger partial charge is 0.239 e. The fraction of sp³-hybridized carbons (Fsp3) is 0.357. The van der Waals surface area contributed by atoms with Crippen LogP contribution >= 0.6 is 0 Å². The SMILES string of the molecule is CCCNC(=O)Cn1ccc2ccc(CN)cc21. The van der Waals surface area contributed by atoms with Crippen molar-refractivity contribution in [3.05, 3.63) is 36.0 Å². The zero-order valence-electron chi connectivity index (χ0n) is 10.6. The van der Waals surface area contributed by atoms with Gasteiger partial charge in [-0.3, -0.25) is 4.79 Å². The van der Waals surface area contributed by atoms with Gasteiger partial charge in [-0.05, 0) is 29.5 Å². The first-order valence-corrected chi connectivity index (χ1v) is 6.29. The van der Waals surface area contributed by atoms with E-state index >= 15 is 0 Å². The molecule has 0 atom stereocenters. The number of carbonyl (C=O) groups is 1.